The van der Waals surface area contributed by atoms with Crippen molar-refractivity contribution in [3.8, 4) is 6.07 Å². The Balaban J connectivity index is 2.21. The van der Waals surface area contributed by atoms with Gasteiger partial charge in [0.1, 0.15) is 5.41 Å². The lowest BCUT2D eigenvalue weighted by molar-refractivity contribution is -0.123. The van der Waals surface area contributed by atoms with Crippen molar-refractivity contribution in [1.82, 2.24) is 0 Å². The van der Waals surface area contributed by atoms with Crippen molar-refractivity contribution in [1.29, 1.82) is 5.26 Å². The molecule has 0 saturated heterocycles. The van der Waals surface area contributed by atoms with Gasteiger partial charge in [-0.25, -0.2) is 0 Å². The zero-order chi connectivity index (χ0) is 14.6. The largest absolute Gasteiger partial charge is 0.324 e. The molecule has 0 bridgehead atoms. The highest BCUT2D eigenvalue weighted by atomic mass is 35.5. The van der Waals surface area contributed by atoms with Crippen LogP contribution in [0.4, 0.5) is 5.69 Å². The highest BCUT2D eigenvalue weighted by Gasteiger charge is 2.39. The van der Waals surface area contributed by atoms with Gasteiger partial charge in [0.2, 0.25) is 5.91 Å². The standard InChI is InChI=1S/C16H19ClN2O/c1-12-13(17)7-6-8-14(12)19-15(20)16(11-18)9-4-2-3-5-10-16/h6-8H,2-5,9-10H2,1H3,(H,19,20). The fourth-order valence-corrected chi connectivity index (χ4v) is 2.88. The number of hydrogen-bond donors (Lipinski definition) is 1. The first-order valence-corrected chi connectivity index (χ1v) is 7.45. The van der Waals surface area contributed by atoms with Gasteiger partial charge < -0.3 is 5.32 Å². The number of anilines is 1. The minimum Gasteiger partial charge on any atom is -0.324 e. The maximum atomic E-state index is 12.6. The molecule has 0 unspecified atom stereocenters. The molecule has 2 rings (SSSR count). The van der Waals surface area contributed by atoms with Crippen LogP contribution in [0.5, 0.6) is 0 Å². The van der Waals surface area contributed by atoms with E-state index in [0.717, 1.165) is 31.2 Å². The van der Waals surface area contributed by atoms with E-state index in [1.54, 1.807) is 12.1 Å². The summed E-state index contributed by atoms with van der Waals surface area (Å²) in [6.07, 6.45) is 5.38. The third-order valence-corrected chi connectivity index (χ3v) is 4.53. The van der Waals surface area contributed by atoms with E-state index in [1.165, 1.54) is 0 Å². The lowest BCUT2D eigenvalue weighted by Crippen LogP contribution is -2.34. The quantitative estimate of drug-likeness (QED) is 0.818. The van der Waals surface area contributed by atoms with Gasteiger partial charge in [-0.1, -0.05) is 43.4 Å². The molecule has 1 aromatic rings. The predicted octanol–water partition coefficient (Wildman–Crippen LogP) is 4.45. The van der Waals surface area contributed by atoms with Gasteiger partial charge >= 0.3 is 0 Å². The molecule has 0 atom stereocenters. The third kappa shape index (κ3) is 2.96. The Bertz CT molecular complexity index is 540. The fraction of sp³-hybridized carbons (Fsp3) is 0.500. The number of nitriles is 1. The smallest absolute Gasteiger partial charge is 0.244 e. The summed E-state index contributed by atoms with van der Waals surface area (Å²) in [5, 5.41) is 13.0. The van der Waals surface area contributed by atoms with E-state index in [1.807, 2.05) is 13.0 Å². The van der Waals surface area contributed by atoms with Gasteiger partial charge in [-0.15, -0.1) is 0 Å². The Hall–Kier alpha value is -1.53. The molecular formula is C16H19ClN2O. The van der Waals surface area contributed by atoms with Gasteiger partial charge in [0.15, 0.2) is 0 Å². The molecule has 1 aliphatic carbocycles. The molecule has 1 N–H and O–H groups in total. The summed E-state index contributed by atoms with van der Waals surface area (Å²) < 4.78 is 0. The van der Waals surface area contributed by atoms with Crippen LogP contribution in [0.3, 0.4) is 0 Å². The molecule has 1 aromatic carbocycles. The maximum absolute atomic E-state index is 12.6. The summed E-state index contributed by atoms with van der Waals surface area (Å²) in [6, 6.07) is 7.68. The van der Waals surface area contributed by atoms with Crippen LogP contribution in [-0.2, 0) is 4.79 Å². The van der Waals surface area contributed by atoms with E-state index in [4.69, 9.17) is 11.6 Å². The number of nitrogens with one attached hydrogen (secondary N) is 1. The first kappa shape index (κ1) is 14.9. The second-order valence-electron chi connectivity index (χ2n) is 5.47. The summed E-state index contributed by atoms with van der Waals surface area (Å²) in [5.74, 6) is -0.188. The minimum absolute atomic E-state index is 0.188. The summed E-state index contributed by atoms with van der Waals surface area (Å²) in [6.45, 7) is 1.87. The van der Waals surface area contributed by atoms with Gasteiger partial charge in [0, 0.05) is 10.7 Å². The average Bonchev–Trinajstić information content (AvgIpc) is 2.70. The number of amides is 1. The van der Waals surface area contributed by atoms with Crippen LogP contribution >= 0.6 is 11.6 Å². The van der Waals surface area contributed by atoms with Crippen LogP contribution in [-0.4, -0.2) is 5.91 Å². The summed E-state index contributed by atoms with van der Waals surface area (Å²) in [4.78, 5) is 12.6. The number of carbonyl (C=O) groups is 1. The van der Waals surface area contributed by atoms with Crippen LogP contribution in [0, 0.1) is 23.7 Å². The van der Waals surface area contributed by atoms with Crippen LogP contribution in [0.2, 0.25) is 5.02 Å². The van der Waals surface area contributed by atoms with E-state index in [-0.39, 0.29) is 5.91 Å². The van der Waals surface area contributed by atoms with Gasteiger partial charge in [-0.05, 0) is 37.5 Å². The van der Waals surface area contributed by atoms with Crippen LogP contribution in [0.15, 0.2) is 18.2 Å². The average molecular weight is 291 g/mol. The second-order valence-corrected chi connectivity index (χ2v) is 5.88. The van der Waals surface area contributed by atoms with E-state index in [9.17, 15) is 10.1 Å². The second kappa shape index (κ2) is 6.28. The monoisotopic (exact) mass is 290 g/mol. The third-order valence-electron chi connectivity index (χ3n) is 4.12. The molecule has 1 saturated carbocycles. The number of hydrogen-bond acceptors (Lipinski definition) is 2. The molecule has 106 valence electrons. The molecule has 0 spiro atoms. The van der Waals surface area contributed by atoms with Gasteiger partial charge in [0.25, 0.3) is 0 Å². The number of carbonyl (C=O) groups excluding carboxylic acids is 1. The number of benzene rings is 1. The van der Waals surface area contributed by atoms with E-state index in [0.29, 0.717) is 23.6 Å². The highest BCUT2D eigenvalue weighted by Crippen LogP contribution is 2.36. The molecule has 0 aromatic heterocycles. The zero-order valence-corrected chi connectivity index (χ0v) is 12.5. The van der Waals surface area contributed by atoms with Crippen molar-refractivity contribution in [3.63, 3.8) is 0 Å². The fourth-order valence-electron chi connectivity index (χ4n) is 2.71. The SMILES string of the molecule is Cc1c(Cl)cccc1NC(=O)C1(C#N)CCCCCC1. The maximum Gasteiger partial charge on any atom is 0.244 e. The van der Waals surface area contributed by atoms with Crippen molar-refractivity contribution in [2.75, 3.05) is 5.32 Å². The first-order valence-electron chi connectivity index (χ1n) is 7.07. The zero-order valence-electron chi connectivity index (χ0n) is 11.7. The Labute approximate surface area is 124 Å². The van der Waals surface area contributed by atoms with Crippen molar-refractivity contribution in [2.45, 2.75) is 45.4 Å². The molecule has 1 aliphatic rings. The van der Waals surface area contributed by atoms with Gasteiger partial charge in [-0.3, -0.25) is 4.79 Å². The number of rotatable bonds is 2. The summed E-state index contributed by atoms with van der Waals surface area (Å²) in [5.41, 5.74) is 0.649. The minimum atomic E-state index is -0.884. The molecule has 0 heterocycles. The van der Waals surface area contributed by atoms with Crippen molar-refractivity contribution < 1.29 is 4.79 Å². The van der Waals surface area contributed by atoms with Crippen molar-refractivity contribution in [3.05, 3.63) is 28.8 Å². The molecule has 20 heavy (non-hydrogen) atoms. The molecular weight excluding hydrogens is 272 g/mol. The Morgan fingerprint density at radius 3 is 2.55 bits per heavy atom. The lowest BCUT2D eigenvalue weighted by Gasteiger charge is -2.24. The topological polar surface area (TPSA) is 52.9 Å². The Morgan fingerprint density at radius 1 is 1.30 bits per heavy atom. The highest BCUT2D eigenvalue weighted by molar-refractivity contribution is 6.31. The van der Waals surface area contributed by atoms with Crippen LogP contribution < -0.4 is 5.32 Å². The first-order chi connectivity index (χ1) is 9.59. The molecule has 4 heteroatoms. The van der Waals surface area contributed by atoms with Crippen molar-refractivity contribution >= 4 is 23.2 Å². The molecule has 1 fully saturated rings. The normalized spacial score (nSPS) is 17.9. The number of nitrogens with zero attached hydrogens (tertiary/aromatic N) is 1. The summed E-state index contributed by atoms with van der Waals surface area (Å²) >= 11 is 6.06. The van der Waals surface area contributed by atoms with Gasteiger partial charge in [-0.2, -0.15) is 5.26 Å². The Kier molecular flexibility index (Phi) is 4.67. The van der Waals surface area contributed by atoms with E-state index in [2.05, 4.69) is 11.4 Å². The number of halogens is 1. The predicted molar refractivity (Wildman–Crippen MR) is 80.6 cm³/mol. The van der Waals surface area contributed by atoms with E-state index >= 15 is 0 Å². The van der Waals surface area contributed by atoms with Gasteiger partial charge in [0.05, 0.1) is 6.07 Å². The van der Waals surface area contributed by atoms with Crippen LogP contribution in [0.25, 0.3) is 0 Å². The molecule has 0 aliphatic heterocycles. The molecule has 1 amide bonds. The molecule has 3 nitrogen and oxygen atoms in total. The van der Waals surface area contributed by atoms with Crippen LogP contribution in [0.1, 0.15) is 44.1 Å². The van der Waals surface area contributed by atoms with Crippen molar-refractivity contribution in [2.24, 2.45) is 5.41 Å². The Morgan fingerprint density at radius 2 is 1.95 bits per heavy atom. The summed E-state index contributed by atoms with van der Waals surface area (Å²) in [7, 11) is 0. The lowest BCUT2D eigenvalue weighted by atomic mass is 9.81. The molecule has 0 radical (unpaired) electrons. The van der Waals surface area contributed by atoms with E-state index < -0.39 is 5.41 Å².